The third-order valence-corrected chi connectivity index (χ3v) is 4.73. The second kappa shape index (κ2) is 7.53. The van der Waals surface area contributed by atoms with E-state index in [1.807, 2.05) is 0 Å². The topological polar surface area (TPSA) is 54.4 Å². The molecule has 0 spiro atoms. The standard InChI is InChI=1S/C21H12ClF4N3O/c22-19-8-12(5-6-27-19)17-10-20(30)29-18-7-11(1-4-16(18)28-17)14-3-2-13(9-15(14)23)21(24,25)26/h1-9H,10H2,(H,29,30). The molecular formula is C21H12ClF4N3O. The van der Waals surface area contributed by atoms with E-state index >= 15 is 0 Å². The van der Waals surface area contributed by atoms with Gasteiger partial charge in [0.15, 0.2) is 0 Å². The summed E-state index contributed by atoms with van der Waals surface area (Å²) in [6.07, 6.45) is -3.15. The Morgan fingerprint density at radius 2 is 1.80 bits per heavy atom. The molecule has 1 aromatic heterocycles. The number of halogens is 5. The van der Waals surface area contributed by atoms with Gasteiger partial charge >= 0.3 is 6.18 Å². The SMILES string of the molecule is O=C1CC(c2ccnc(Cl)c2)=Nc2ccc(-c3ccc(C(F)(F)F)cc3F)cc2N1. The Morgan fingerprint density at radius 3 is 2.50 bits per heavy atom. The lowest BCUT2D eigenvalue weighted by molar-refractivity contribution is -0.137. The lowest BCUT2D eigenvalue weighted by atomic mass is 10.0. The van der Waals surface area contributed by atoms with Gasteiger partial charge in [0.1, 0.15) is 11.0 Å². The summed E-state index contributed by atoms with van der Waals surface area (Å²) < 4.78 is 52.7. The summed E-state index contributed by atoms with van der Waals surface area (Å²) >= 11 is 5.91. The zero-order valence-corrected chi connectivity index (χ0v) is 15.9. The van der Waals surface area contributed by atoms with Gasteiger partial charge in [-0.3, -0.25) is 9.79 Å². The maximum atomic E-state index is 14.3. The van der Waals surface area contributed by atoms with Crippen LogP contribution in [-0.4, -0.2) is 16.6 Å². The van der Waals surface area contributed by atoms with Crippen molar-refractivity contribution in [3.8, 4) is 11.1 Å². The number of pyridine rings is 1. The number of benzene rings is 2. The van der Waals surface area contributed by atoms with E-state index in [-0.39, 0.29) is 23.0 Å². The summed E-state index contributed by atoms with van der Waals surface area (Å²) in [7, 11) is 0. The molecule has 0 saturated heterocycles. The lowest BCUT2D eigenvalue weighted by Crippen LogP contribution is -2.15. The molecule has 0 atom stereocenters. The van der Waals surface area contributed by atoms with E-state index < -0.39 is 17.6 Å². The van der Waals surface area contributed by atoms with E-state index in [1.165, 1.54) is 18.3 Å². The molecule has 2 aromatic carbocycles. The summed E-state index contributed by atoms with van der Waals surface area (Å²) in [5.74, 6) is -1.36. The minimum atomic E-state index is -4.64. The van der Waals surface area contributed by atoms with Crippen molar-refractivity contribution in [1.29, 1.82) is 0 Å². The second-order valence-electron chi connectivity index (χ2n) is 6.58. The molecule has 1 aliphatic heterocycles. The average molecular weight is 434 g/mol. The van der Waals surface area contributed by atoms with Crippen LogP contribution >= 0.6 is 11.6 Å². The Hall–Kier alpha value is -3.26. The third-order valence-electron chi connectivity index (χ3n) is 4.52. The van der Waals surface area contributed by atoms with Crippen LogP contribution in [0, 0.1) is 5.82 Å². The maximum absolute atomic E-state index is 14.3. The van der Waals surface area contributed by atoms with Crippen molar-refractivity contribution >= 4 is 34.6 Å². The molecule has 0 saturated carbocycles. The predicted octanol–water partition coefficient (Wildman–Crippen LogP) is 6.02. The van der Waals surface area contributed by atoms with E-state index in [1.54, 1.807) is 18.2 Å². The van der Waals surface area contributed by atoms with Crippen LogP contribution in [-0.2, 0) is 11.0 Å². The average Bonchev–Trinajstić information content (AvgIpc) is 2.84. The largest absolute Gasteiger partial charge is 0.416 e. The molecule has 0 radical (unpaired) electrons. The maximum Gasteiger partial charge on any atom is 0.416 e. The smallest absolute Gasteiger partial charge is 0.324 e. The van der Waals surface area contributed by atoms with Gasteiger partial charge in [-0.1, -0.05) is 23.7 Å². The van der Waals surface area contributed by atoms with Gasteiger partial charge in [0.2, 0.25) is 5.91 Å². The number of aliphatic imine (C=N–C) groups is 1. The first-order valence-corrected chi connectivity index (χ1v) is 9.09. The Balaban J connectivity index is 1.75. The fourth-order valence-electron chi connectivity index (χ4n) is 3.11. The number of aromatic nitrogens is 1. The van der Waals surface area contributed by atoms with Gasteiger partial charge in [0.05, 0.1) is 29.1 Å². The fourth-order valence-corrected chi connectivity index (χ4v) is 3.28. The molecule has 30 heavy (non-hydrogen) atoms. The first kappa shape index (κ1) is 20.0. The van der Waals surface area contributed by atoms with Crippen LogP contribution in [0.1, 0.15) is 17.5 Å². The molecule has 4 nitrogen and oxygen atoms in total. The van der Waals surface area contributed by atoms with Crippen LogP contribution in [0.15, 0.2) is 59.7 Å². The Bertz CT molecular complexity index is 1190. The quantitative estimate of drug-likeness (QED) is 0.396. The first-order valence-electron chi connectivity index (χ1n) is 8.71. The Labute approximate surface area is 173 Å². The molecule has 1 amide bonds. The normalized spacial score (nSPS) is 13.9. The number of carbonyl (C=O) groups excluding carboxylic acids is 1. The number of hydrogen-bond acceptors (Lipinski definition) is 3. The number of fused-ring (bicyclic) bond motifs is 1. The van der Waals surface area contributed by atoms with Gasteiger partial charge in [-0.15, -0.1) is 0 Å². The van der Waals surface area contributed by atoms with Gasteiger partial charge < -0.3 is 5.32 Å². The van der Waals surface area contributed by atoms with Crippen LogP contribution in [0.2, 0.25) is 5.15 Å². The number of carbonyl (C=O) groups is 1. The molecule has 0 bridgehead atoms. The summed E-state index contributed by atoms with van der Waals surface area (Å²) in [5, 5.41) is 2.96. The molecule has 2 heterocycles. The molecule has 3 aromatic rings. The number of amides is 1. The Morgan fingerprint density at radius 1 is 1.00 bits per heavy atom. The zero-order chi connectivity index (χ0) is 21.5. The zero-order valence-electron chi connectivity index (χ0n) is 15.1. The highest BCUT2D eigenvalue weighted by Crippen LogP contribution is 2.36. The highest BCUT2D eigenvalue weighted by molar-refractivity contribution is 6.30. The van der Waals surface area contributed by atoms with Gasteiger partial charge in [-0.05, 0) is 42.0 Å². The monoisotopic (exact) mass is 433 g/mol. The van der Waals surface area contributed by atoms with Gasteiger partial charge in [-0.25, -0.2) is 9.37 Å². The van der Waals surface area contributed by atoms with Crippen LogP contribution in [0.5, 0.6) is 0 Å². The molecular weight excluding hydrogens is 422 g/mol. The minimum Gasteiger partial charge on any atom is -0.324 e. The minimum absolute atomic E-state index is 0.0149. The fraction of sp³-hybridized carbons (Fsp3) is 0.0952. The van der Waals surface area contributed by atoms with Crippen molar-refractivity contribution in [1.82, 2.24) is 4.98 Å². The lowest BCUT2D eigenvalue weighted by Gasteiger charge is -2.11. The second-order valence-corrected chi connectivity index (χ2v) is 6.96. The van der Waals surface area contributed by atoms with Gasteiger partial charge in [-0.2, -0.15) is 13.2 Å². The molecule has 9 heteroatoms. The van der Waals surface area contributed by atoms with E-state index in [9.17, 15) is 22.4 Å². The molecule has 1 N–H and O–H groups in total. The predicted molar refractivity (Wildman–Crippen MR) is 106 cm³/mol. The number of rotatable bonds is 2. The molecule has 1 aliphatic rings. The van der Waals surface area contributed by atoms with Crippen molar-refractivity contribution in [3.63, 3.8) is 0 Å². The van der Waals surface area contributed by atoms with Crippen LogP contribution in [0.25, 0.3) is 11.1 Å². The summed E-state index contributed by atoms with van der Waals surface area (Å²) in [6.45, 7) is 0. The number of alkyl halides is 3. The van der Waals surface area contributed by atoms with Crippen molar-refractivity contribution in [2.45, 2.75) is 12.6 Å². The summed E-state index contributed by atoms with van der Waals surface area (Å²) in [4.78, 5) is 20.8. The van der Waals surface area contributed by atoms with Crippen molar-refractivity contribution in [2.75, 3.05) is 5.32 Å². The van der Waals surface area contributed by atoms with Crippen molar-refractivity contribution in [3.05, 3.63) is 76.8 Å². The molecule has 0 aliphatic carbocycles. The summed E-state index contributed by atoms with van der Waals surface area (Å²) in [6, 6.07) is 10.2. The third kappa shape index (κ3) is 4.04. The Kier molecular flexibility index (Phi) is 5.03. The van der Waals surface area contributed by atoms with E-state index in [4.69, 9.17) is 11.6 Å². The number of anilines is 1. The summed E-state index contributed by atoms with van der Waals surface area (Å²) in [5.41, 5.74) is 1.09. The van der Waals surface area contributed by atoms with Crippen LogP contribution in [0.3, 0.4) is 0 Å². The van der Waals surface area contributed by atoms with Crippen molar-refractivity contribution < 1.29 is 22.4 Å². The molecule has 0 fully saturated rings. The van der Waals surface area contributed by atoms with Gasteiger partial charge in [0, 0.05) is 17.3 Å². The molecule has 152 valence electrons. The first-order chi connectivity index (χ1) is 14.2. The van der Waals surface area contributed by atoms with E-state index in [0.717, 1.165) is 12.1 Å². The number of hydrogen-bond donors (Lipinski definition) is 1. The van der Waals surface area contributed by atoms with E-state index in [0.29, 0.717) is 34.3 Å². The van der Waals surface area contributed by atoms with E-state index in [2.05, 4.69) is 15.3 Å². The number of nitrogens with zero attached hydrogens (tertiary/aromatic N) is 2. The van der Waals surface area contributed by atoms with Crippen LogP contribution < -0.4 is 5.32 Å². The number of nitrogens with one attached hydrogen (secondary N) is 1. The van der Waals surface area contributed by atoms with Crippen LogP contribution in [0.4, 0.5) is 28.9 Å². The highest BCUT2D eigenvalue weighted by atomic mass is 35.5. The van der Waals surface area contributed by atoms with Crippen molar-refractivity contribution in [2.24, 2.45) is 4.99 Å². The molecule has 4 rings (SSSR count). The molecule has 0 unspecified atom stereocenters. The van der Waals surface area contributed by atoms with Gasteiger partial charge in [0.25, 0.3) is 0 Å². The highest BCUT2D eigenvalue weighted by Gasteiger charge is 2.31.